The van der Waals surface area contributed by atoms with Crippen LogP contribution in [0.15, 0.2) is 24.3 Å². The van der Waals surface area contributed by atoms with Crippen LogP contribution in [0.3, 0.4) is 0 Å². The third-order valence-corrected chi connectivity index (χ3v) is 6.67. The highest BCUT2D eigenvalue weighted by molar-refractivity contribution is 6.75. The molecule has 1 fully saturated rings. The molecule has 0 atom stereocenters. The smallest absolute Gasteiger partial charge is 0.385 e. The third kappa shape index (κ3) is 2.61. The van der Waals surface area contributed by atoms with Gasteiger partial charge in [0.15, 0.2) is 0 Å². The van der Waals surface area contributed by atoms with E-state index in [0.717, 1.165) is 36.4 Å². The largest absolute Gasteiger partial charge is 0.536 e. The molecule has 5 heteroatoms. The lowest BCUT2D eigenvalue weighted by molar-refractivity contribution is 0.0444. The van der Waals surface area contributed by atoms with E-state index in [9.17, 15) is 5.11 Å². The standard InChI is InChI=1S/C14H22O4Si/c1-16-19(17-2,18-3)13-8-6-12(7-9-13)14(15)10-4-5-11-14/h6-9,15H,4-5,10-11H2,1-3H3. The van der Waals surface area contributed by atoms with Crippen LogP contribution in [0.5, 0.6) is 0 Å². The van der Waals surface area contributed by atoms with E-state index in [0.29, 0.717) is 0 Å². The highest BCUT2D eigenvalue weighted by Crippen LogP contribution is 2.38. The fourth-order valence-electron chi connectivity index (χ4n) is 2.84. The first-order valence-corrected chi connectivity index (χ1v) is 8.31. The second-order valence-electron chi connectivity index (χ2n) is 4.98. The zero-order valence-corrected chi connectivity index (χ0v) is 12.8. The van der Waals surface area contributed by atoms with Gasteiger partial charge in [0.2, 0.25) is 0 Å². The molecule has 1 N–H and O–H groups in total. The molecule has 1 saturated carbocycles. The summed E-state index contributed by atoms with van der Waals surface area (Å²) in [6, 6.07) is 7.79. The van der Waals surface area contributed by atoms with Gasteiger partial charge >= 0.3 is 8.80 Å². The normalized spacial score (nSPS) is 18.7. The van der Waals surface area contributed by atoms with E-state index in [2.05, 4.69) is 0 Å². The lowest BCUT2D eigenvalue weighted by atomic mass is 9.92. The van der Waals surface area contributed by atoms with E-state index in [4.69, 9.17) is 13.3 Å². The summed E-state index contributed by atoms with van der Waals surface area (Å²) in [5.41, 5.74) is 0.315. The lowest BCUT2D eigenvalue weighted by Gasteiger charge is -2.26. The molecule has 0 unspecified atom stereocenters. The van der Waals surface area contributed by atoms with Crippen LogP contribution in [-0.2, 0) is 18.9 Å². The van der Waals surface area contributed by atoms with Crippen LogP contribution in [0.25, 0.3) is 0 Å². The predicted molar refractivity (Wildman–Crippen MR) is 75.2 cm³/mol. The van der Waals surface area contributed by atoms with Crippen LogP contribution in [0.1, 0.15) is 31.2 Å². The molecule has 2 rings (SSSR count). The average Bonchev–Trinajstić information content (AvgIpc) is 2.90. The molecule has 0 amide bonds. The van der Waals surface area contributed by atoms with Crippen LogP contribution < -0.4 is 5.19 Å². The number of hydrogen-bond acceptors (Lipinski definition) is 4. The minimum absolute atomic E-state index is 0.657. The molecular formula is C14H22O4Si. The molecule has 0 radical (unpaired) electrons. The molecule has 0 aliphatic heterocycles. The molecular weight excluding hydrogens is 260 g/mol. The Morgan fingerprint density at radius 1 is 0.947 bits per heavy atom. The van der Waals surface area contributed by atoms with Crippen molar-refractivity contribution in [1.82, 2.24) is 0 Å². The van der Waals surface area contributed by atoms with Gasteiger partial charge < -0.3 is 18.4 Å². The Balaban J connectivity index is 2.27. The Labute approximate surface area is 115 Å². The van der Waals surface area contributed by atoms with Gasteiger partial charge in [0.25, 0.3) is 0 Å². The van der Waals surface area contributed by atoms with Crippen molar-refractivity contribution in [3.8, 4) is 0 Å². The first-order chi connectivity index (χ1) is 9.10. The van der Waals surface area contributed by atoms with Crippen molar-refractivity contribution in [1.29, 1.82) is 0 Å². The Bertz CT molecular complexity index is 400. The van der Waals surface area contributed by atoms with E-state index in [1.165, 1.54) is 0 Å². The molecule has 1 aromatic rings. The quantitative estimate of drug-likeness (QED) is 0.832. The van der Waals surface area contributed by atoms with Crippen molar-refractivity contribution in [2.75, 3.05) is 21.3 Å². The van der Waals surface area contributed by atoms with Crippen molar-refractivity contribution in [3.05, 3.63) is 29.8 Å². The summed E-state index contributed by atoms with van der Waals surface area (Å²) in [6.07, 6.45) is 3.86. The fraction of sp³-hybridized carbons (Fsp3) is 0.571. The predicted octanol–water partition coefficient (Wildman–Crippen LogP) is 1.53. The Kier molecular flexibility index (Phi) is 4.42. The number of hydrogen-bond donors (Lipinski definition) is 1. The molecule has 19 heavy (non-hydrogen) atoms. The summed E-state index contributed by atoms with van der Waals surface area (Å²) in [5, 5.41) is 11.5. The van der Waals surface area contributed by atoms with Crippen LogP contribution in [-0.4, -0.2) is 35.2 Å². The third-order valence-electron chi connectivity index (χ3n) is 4.01. The molecule has 0 saturated heterocycles. The van der Waals surface area contributed by atoms with Gasteiger partial charge in [-0.1, -0.05) is 37.1 Å². The van der Waals surface area contributed by atoms with Crippen molar-refractivity contribution < 1.29 is 18.4 Å². The molecule has 0 bridgehead atoms. The second kappa shape index (κ2) is 5.72. The Hall–Kier alpha value is -0.723. The van der Waals surface area contributed by atoms with Gasteiger partial charge in [0, 0.05) is 26.5 Å². The van der Waals surface area contributed by atoms with Crippen LogP contribution in [0.2, 0.25) is 0 Å². The van der Waals surface area contributed by atoms with Crippen molar-refractivity contribution in [2.45, 2.75) is 31.3 Å². The Morgan fingerprint density at radius 3 is 1.84 bits per heavy atom. The van der Waals surface area contributed by atoms with Gasteiger partial charge in [0.05, 0.1) is 5.60 Å². The van der Waals surface area contributed by atoms with Crippen molar-refractivity contribution in [2.24, 2.45) is 0 Å². The van der Waals surface area contributed by atoms with Crippen molar-refractivity contribution in [3.63, 3.8) is 0 Å². The summed E-state index contributed by atoms with van der Waals surface area (Å²) in [6.45, 7) is 0. The maximum Gasteiger partial charge on any atom is 0.536 e. The molecule has 1 aliphatic carbocycles. The summed E-state index contributed by atoms with van der Waals surface area (Å²) in [5.74, 6) is 0. The van der Waals surface area contributed by atoms with E-state index < -0.39 is 14.4 Å². The van der Waals surface area contributed by atoms with Gasteiger partial charge in [-0.3, -0.25) is 0 Å². The molecule has 1 aliphatic rings. The van der Waals surface area contributed by atoms with Gasteiger partial charge in [0.1, 0.15) is 0 Å². The average molecular weight is 282 g/mol. The Morgan fingerprint density at radius 2 is 1.42 bits per heavy atom. The minimum Gasteiger partial charge on any atom is -0.385 e. The maximum atomic E-state index is 10.5. The van der Waals surface area contributed by atoms with Gasteiger partial charge in [-0.15, -0.1) is 0 Å². The minimum atomic E-state index is -2.76. The SMILES string of the molecule is CO[Si](OC)(OC)c1ccc(C2(O)CCCC2)cc1. The van der Waals surface area contributed by atoms with E-state index in [-0.39, 0.29) is 0 Å². The highest BCUT2D eigenvalue weighted by atomic mass is 28.4. The molecule has 0 aromatic heterocycles. The van der Waals surface area contributed by atoms with Gasteiger partial charge in [-0.05, 0) is 18.4 Å². The maximum absolute atomic E-state index is 10.5. The molecule has 0 heterocycles. The monoisotopic (exact) mass is 282 g/mol. The van der Waals surface area contributed by atoms with Crippen LogP contribution in [0, 0.1) is 0 Å². The summed E-state index contributed by atoms with van der Waals surface area (Å²) < 4.78 is 16.3. The van der Waals surface area contributed by atoms with E-state index >= 15 is 0 Å². The zero-order valence-electron chi connectivity index (χ0n) is 11.8. The van der Waals surface area contributed by atoms with Gasteiger partial charge in [-0.2, -0.15) is 0 Å². The fourth-order valence-corrected chi connectivity index (χ4v) is 4.62. The topological polar surface area (TPSA) is 47.9 Å². The zero-order chi connectivity index (χ0) is 13.9. The molecule has 1 aromatic carbocycles. The lowest BCUT2D eigenvalue weighted by Crippen LogP contribution is -2.54. The van der Waals surface area contributed by atoms with Crippen LogP contribution in [0.4, 0.5) is 0 Å². The van der Waals surface area contributed by atoms with Crippen molar-refractivity contribution >= 4 is 14.0 Å². The number of rotatable bonds is 5. The van der Waals surface area contributed by atoms with Crippen LogP contribution >= 0.6 is 0 Å². The summed E-state index contributed by atoms with van der Waals surface area (Å²) in [4.78, 5) is 0. The summed E-state index contributed by atoms with van der Waals surface area (Å²) >= 11 is 0. The van der Waals surface area contributed by atoms with E-state index in [1.807, 2.05) is 24.3 Å². The number of benzene rings is 1. The molecule has 106 valence electrons. The van der Waals surface area contributed by atoms with Gasteiger partial charge in [-0.25, -0.2) is 0 Å². The highest BCUT2D eigenvalue weighted by Gasteiger charge is 2.41. The second-order valence-corrected chi connectivity index (χ2v) is 7.90. The summed E-state index contributed by atoms with van der Waals surface area (Å²) in [7, 11) is 2.02. The van der Waals surface area contributed by atoms with E-state index in [1.54, 1.807) is 21.3 Å². The molecule has 4 nitrogen and oxygen atoms in total. The molecule has 0 spiro atoms. The first kappa shape index (κ1) is 14.7. The number of aliphatic hydroxyl groups is 1. The first-order valence-electron chi connectivity index (χ1n) is 6.59.